The quantitative estimate of drug-likeness (QED) is 0.877. The number of nitrogens with one attached hydrogen (secondary N) is 1. The minimum atomic E-state index is -4.73. The van der Waals surface area contributed by atoms with E-state index in [0.717, 1.165) is 11.1 Å². The Labute approximate surface area is 142 Å². The fraction of sp³-hybridized carbons (Fsp3) is 0.438. The van der Waals surface area contributed by atoms with E-state index in [1.807, 2.05) is 13.8 Å². The standard InChI is InChI=1S/C16H17F3N2O2S/c1-15(2)8-10-6-9-4-5-11(23-16(17,18)19)7-12(9)24-13(10)14(22)21(15)20-3/h4-5,7,20H,6,8H2,1-3H3. The van der Waals surface area contributed by atoms with Crippen LogP contribution in [0.2, 0.25) is 0 Å². The average molecular weight is 358 g/mol. The zero-order chi connectivity index (χ0) is 17.7. The van der Waals surface area contributed by atoms with Crippen LogP contribution in [0.5, 0.6) is 5.75 Å². The summed E-state index contributed by atoms with van der Waals surface area (Å²) >= 11 is 1.21. The van der Waals surface area contributed by atoms with E-state index >= 15 is 0 Å². The Morgan fingerprint density at radius 3 is 2.67 bits per heavy atom. The normalized spacial score (nSPS) is 19.9. The molecule has 1 aromatic carbocycles. The van der Waals surface area contributed by atoms with Gasteiger partial charge in [0.1, 0.15) is 5.75 Å². The molecular weight excluding hydrogens is 341 g/mol. The second-order valence-electron chi connectivity index (χ2n) is 6.38. The van der Waals surface area contributed by atoms with Crippen LogP contribution in [0.15, 0.2) is 33.6 Å². The first kappa shape index (κ1) is 17.2. The van der Waals surface area contributed by atoms with Crippen molar-refractivity contribution >= 4 is 17.7 Å². The lowest BCUT2D eigenvalue weighted by Crippen LogP contribution is -2.57. The lowest BCUT2D eigenvalue weighted by Gasteiger charge is -2.44. The first-order chi connectivity index (χ1) is 11.1. The van der Waals surface area contributed by atoms with E-state index in [-0.39, 0.29) is 17.2 Å². The fourth-order valence-electron chi connectivity index (χ4n) is 3.18. The Kier molecular flexibility index (Phi) is 4.08. The largest absolute Gasteiger partial charge is 0.573 e. The van der Waals surface area contributed by atoms with E-state index < -0.39 is 6.36 Å². The van der Waals surface area contributed by atoms with Gasteiger partial charge in [0.05, 0.1) is 10.4 Å². The van der Waals surface area contributed by atoms with Gasteiger partial charge >= 0.3 is 6.36 Å². The summed E-state index contributed by atoms with van der Waals surface area (Å²) in [5.74, 6) is -0.423. The highest BCUT2D eigenvalue weighted by atomic mass is 32.2. The SMILES string of the molecule is CNN1C(=O)C2=C(Cc3ccc(OC(F)(F)F)cc3S2)CC1(C)C. The highest BCUT2D eigenvalue weighted by Crippen LogP contribution is 2.46. The number of benzene rings is 1. The molecule has 8 heteroatoms. The number of rotatable bonds is 2. The number of hydrogen-bond donors (Lipinski definition) is 1. The summed E-state index contributed by atoms with van der Waals surface area (Å²) in [4.78, 5) is 13.9. The number of thioether (sulfide) groups is 1. The first-order valence-electron chi connectivity index (χ1n) is 7.41. The summed E-state index contributed by atoms with van der Waals surface area (Å²) in [5.41, 5.74) is 4.49. The van der Waals surface area contributed by atoms with Crippen molar-refractivity contribution in [2.45, 2.75) is 43.5 Å². The summed E-state index contributed by atoms with van der Waals surface area (Å²) in [6, 6.07) is 4.29. The molecule has 1 aromatic rings. The lowest BCUT2D eigenvalue weighted by atomic mass is 9.86. The summed E-state index contributed by atoms with van der Waals surface area (Å²) in [6.45, 7) is 3.96. The molecule has 1 amide bonds. The molecule has 130 valence electrons. The van der Waals surface area contributed by atoms with E-state index in [9.17, 15) is 18.0 Å². The van der Waals surface area contributed by atoms with Crippen LogP contribution in [0.3, 0.4) is 0 Å². The van der Waals surface area contributed by atoms with Crippen molar-refractivity contribution in [1.29, 1.82) is 0 Å². The number of hydrogen-bond acceptors (Lipinski definition) is 4. The van der Waals surface area contributed by atoms with Gasteiger partial charge in [-0.05, 0) is 50.0 Å². The van der Waals surface area contributed by atoms with Crippen molar-refractivity contribution in [2.24, 2.45) is 0 Å². The molecule has 0 radical (unpaired) electrons. The third kappa shape index (κ3) is 3.12. The van der Waals surface area contributed by atoms with E-state index in [2.05, 4.69) is 10.2 Å². The van der Waals surface area contributed by atoms with Crippen molar-refractivity contribution in [3.63, 3.8) is 0 Å². The van der Waals surface area contributed by atoms with Crippen LogP contribution in [0.4, 0.5) is 13.2 Å². The second kappa shape index (κ2) is 5.70. The molecule has 0 atom stereocenters. The molecule has 2 heterocycles. The van der Waals surface area contributed by atoms with E-state index in [0.29, 0.717) is 22.6 Å². The molecule has 0 saturated heterocycles. The molecule has 0 bridgehead atoms. The number of amides is 1. The number of hydrazine groups is 1. The number of fused-ring (bicyclic) bond motifs is 1. The molecule has 24 heavy (non-hydrogen) atoms. The van der Waals surface area contributed by atoms with Gasteiger partial charge in [-0.25, -0.2) is 5.43 Å². The number of halogens is 3. The molecule has 2 aliphatic heterocycles. The number of alkyl halides is 3. The number of ether oxygens (including phenoxy) is 1. The van der Waals surface area contributed by atoms with Crippen LogP contribution in [-0.2, 0) is 11.2 Å². The number of nitrogens with zero attached hydrogens (tertiary/aromatic N) is 1. The Bertz CT molecular complexity index is 729. The first-order valence-corrected chi connectivity index (χ1v) is 8.23. The topological polar surface area (TPSA) is 41.6 Å². The fourth-order valence-corrected chi connectivity index (χ4v) is 4.32. The van der Waals surface area contributed by atoms with Gasteiger partial charge in [-0.15, -0.1) is 13.2 Å². The van der Waals surface area contributed by atoms with Gasteiger partial charge in [-0.3, -0.25) is 9.80 Å². The molecule has 0 spiro atoms. The van der Waals surface area contributed by atoms with Crippen molar-refractivity contribution in [3.8, 4) is 5.75 Å². The maximum atomic E-state index is 12.7. The molecule has 0 aromatic heterocycles. The van der Waals surface area contributed by atoms with Crippen LogP contribution in [-0.4, -0.2) is 29.9 Å². The Balaban J connectivity index is 1.92. The van der Waals surface area contributed by atoms with E-state index in [4.69, 9.17) is 0 Å². The monoisotopic (exact) mass is 358 g/mol. The number of carbonyl (C=O) groups excluding carboxylic acids is 1. The van der Waals surface area contributed by atoms with Crippen LogP contribution in [0, 0.1) is 0 Å². The molecule has 0 unspecified atom stereocenters. The van der Waals surface area contributed by atoms with Crippen molar-refractivity contribution in [1.82, 2.24) is 10.4 Å². The van der Waals surface area contributed by atoms with Gasteiger partial charge < -0.3 is 4.74 Å². The summed E-state index contributed by atoms with van der Waals surface area (Å²) in [5, 5.41) is 1.57. The summed E-state index contributed by atoms with van der Waals surface area (Å²) in [7, 11) is 1.68. The highest BCUT2D eigenvalue weighted by molar-refractivity contribution is 8.04. The summed E-state index contributed by atoms with van der Waals surface area (Å²) in [6.07, 6.45) is -3.45. The van der Waals surface area contributed by atoms with Gasteiger partial charge in [-0.2, -0.15) is 0 Å². The maximum absolute atomic E-state index is 12.7. The van der Waals surface area contributed by atoms with Crippen molar-refractivity contribution in [2.75, 3.05) is 7.05 Å². The predicted molar refractivity (Wildman–Crippen MR) is 84.3 cm³/mol. The van der Waals surface area contributed by atoms with Gasteiger partial charge in [0.25, 0.3) is 5.91 Å². The second-order valence-corrected chi connectivity index (χ2v) is 7.43. The molecule has 2 aliphatic rings. The number of carbonyl (C=O) groups is 1. The molecule has 4 nitrogen and oxygen atoms in total. The van der Waals surface area contributed by atoms with Crippen LogP contribution in [0.25, 0.3) is 0 Å². The minimum Gasteiger partial charge on any atom is -0.406 e. The molecule has 1 N–H and O–H groups in total. The van der Waals surface area contributed by atoms with Gasteiger partial charge in [0, 0.05) is 11.9 Å². The van der Waals surface area contributed by atoms with Crippen LogP contribution < -0.4 is 10.2 Å². The van der Waals surface area contributed by atoms with Crippen molar-refractivity contribution < 1.29 is 22.7 Å². The summed E-state index contributed by atoms with van der Waals surface area (Å²) < 4.78 is 41.1. The lowest BCUT2D eigenvalue weighted by molar-refractivity contribution is -0.274. The smallest absolute Gasteiger partial charge is 0.406 e. The molecule has 0 fully saturated rings. The predicted octanol–water partition coefficient (Wildman–Crippen LogP) is 3.63. The Morgan fingerprint density at radius 2 is 2.04 bits per heavy atom. The van der Waals surface area contributed by atoms with Gasteiger partial charge in [0.15, 0.2) is 0 Å². The molecular formula is C16H17F3N2O2S. The third-order valence-electron chi connectivity index (χ3n) is 4.08. The molecule has 0 aliphatic carbocycles. The maximum Gasteiger partial charge on any atom is 0.573 e. The zero-order valence-corrected chi connectivity index (χ0v) is 14.3. The van der Waals surface area contributed by atoms with Crippen LogP contribution in [0.1, 0.15) is 25.8 Å². The zero-order valence-electron chi connectivity index (χ0n) is 13.5. The Morgan fingerprint density at radius 1 is 1.33 bits per heavy atom. The molecule has 0 saturated carbocycles. The molecule has 3 rings (SSSR count). The third-order valence-corrected chi connectivity index (χ3v) is 5.35. The average Bonchev–Trinajstić information content (AvgIpc) is 2.44. The minimum absolute atomic E-state index is 0.151. The highest BCUT2D eigenvalue weighted by Gasteiger charge is 2.41. The van der Waals surface area contributed by atoms with Crippen LogP contribution >= 0.6 is 11.8 Å². The van der Waals surface area contributed by atoms with Gasteiger partial charge in [0.2, 0.25) is 0 Å². The van der Waals surface area contributed by atoms with E-state index in [1.165, 1.54) is 23.9 Å². The van der Waals surface area contributed by atoms with Gasteiger partial charge in [-0.1, -0.05) is 17.8 Å². The van der Waals surface area contributed by atoms with E-state index in [1.54, 1.807) is 18.1 Å². The van der Waals surface area contributed by atoms with Crippen molar-refractivity contribution in [3.05, 3.63) is 34.2 Å². The Hall–Kier alpha value is -1.67.